The van der Waals surface area contributed by atoms with Crippen LogP contribution in [0.1, 0.15) is 49.1 Å². The van der Waals surface area contributed by atoms with Crippen LogP contribution in [0.15, 0.2) is 65.6 Å². The quantitative estimate of drug-likeness (QED) is 0.319. The molecule has 0 fully saturated rings. The van der Waals surface area contributed by atoms with Crippen LogP contribution in [0, 0.1) is 0 Å². The van der Waals surface area contributed by atoms with E-state index < -0.39 is 18.0 Å². The van der Waals surface area contributed by atoms with E-state index in [1.807, 2.05) is 6.26 Å². The first kappa shape index (κ1) is 22.8. The van der Waals surface area contributed by atoms with E-state index in [2.05, 4.69) is 5.32 Å². The van der Waals surface area contributed by atoms with Gasteiger partial charge in [0.15, 0.2) is 17.7 Å². The molecule has 1 unspecified atom stereocenters. The summed E-state index contributed by atoms with van der Waals surface area (Å²) in [7, 11) is 0. The summed E-state index contributed by atoms with van der Waals surface area (Å²) >= 11 is 7.55. The molecule has 6 nitrogen and oxygen atoms in total. The number of carbonyl (C=O) groups is 4. The standard InChI is InChI=1S/C25H18ClNO5S/c1-13(32-25(31)18-12-14(33-2)10-11-19(18)26)24(30)27-20-9-5-8-17-21(20)23(29)16-7-4-3-6-15(16)22(17)28/h3-13H,1-2H3,(H,27,30). The zero-order valence-corrected chi connectivity index (χ0v) is 19.3. The molecule has 166 valence electrons. The number of hydrogen-bond acceptors (Lipinski definition) is 6. The minimum Gasteiger partial charge on any atom is -0.449 e. The molecule has 3 aromatic carbocycles. The highest BCUT2D eigenvalue weighted by Gasteiger charge is 2.32. The Morgan fingerprint density at radius 1 is 0.939 bits per heavy atom. The number of fused-ring (bicyclic) bond motifs is 2. The van der Waals surface area contributed by atoms with Gasteiger partial charge in [-0.05, 0) is 37.4 Å². The number of nitrogens with one attached hydrogen (secondary N) is 1. The molecule has 0 saturated carbocycles. The van der Waals surface area contributed by atoms with E-state index in [0.717, 1.165) is 4.90 Å². The number of hydrogen-bond donors (Lipinski definition) is 1. The second-order valence-corrected chi connectivity index (χ2v) is 8.60. The average molecular weight is 480 g/mol. The van der Waals surface area contributed by atoms with Gasteiger partial charge in [0, 0.05) is 21.6 Å². The molecule has 0 aromatic heterocycles. The van der Waals surface area contributed by atoms with E-state index in [1.165, 1.54) is 24.8 Å². The van der Waals surface area contributed by atoms with Crippen LogP contribution in [0.5, 0.6) is 0 Å². The summed E-state index contributed by atoms with van der Waals surface area (Å²) in [5.41, 5.74) is 1.25. The summed E-state index contributed by atoms with van der Waals surface area (Å²) in [5, 5.41) is 2.83. The van der Waals surface area contributed by atoms with Gasteiger partial charge in [-0.1, -0.05) is 48.0 Å². The topological polar surface area (TPSA) is 89.5 Å². The maximum atomic E-state index is 13.1. The van der Waals surface area contributed by atoms with Gasteiger partial charge < -0.3 is 10.1 Å². The normalized spacial score (nSPS) is 13.1. The second kappa shape index (κ2) is 9.21. The number of thioether (sulfide) groups is 1. The number of rotatable bonds is 5. The first-order valence-corrected chi connectivity index (χ1v) is 11.6. The van der Waals surface area contributed by atoms with Crippen molar-refractivity contribution in [2.45, 2.75) is 17.9 Å². The third-order valence-electron chi connectivity index (χ3n) is 5.26. The number of halogens is 1. The Morgan fingerprint density at radius 2 is 1.61 bits per heavy atom. The van der Waals surface area contributed by atoms with E-state index in [-0.39, 0.29) is 44.5 Å². The minimum absolute atomic E-state index is 0.115. The molecule has 3 aromatic rings. The fourth-order valence-corrected chi connectivity index (χ4v) is 4.18. The summed E-state index contributed by atoms with van der Waals surface area (Å²) < 4.78 is 5.30. The smallest absolute Gasteiger partial charge is 0.340 e. The minimum atomic E-state index is -1.18. The molecule has 1 atom stereocenters. The molecule has 0 heterocycles. The third kappa shape index (κ3) is 4.29. The summed E-state index contributed by atoms with van der Waals surface area (Å²) in [4.78, 5) is 52.1. The Morgan fingerprint density at radius 3 is 2.30 bits per heavy atom. The van der Waals surface area contributed by atoms with Gasteiger partial charge in [0.05, 0.1) is 21.8 Å². The van der Waals surface area contributed by atoms with Crippen molar-refractivity contribution in [2.75, 3.05) is 11.6 Å². The monoisotopic (exact) mass is 479 g/mol. The molecule has 8 heteroatoms. The van der Waals surface area contributed by atoms with E-state index in [0.29, 0.717) is 5.56 Å². The van der Waals surface area contributed by atoms with E-state index in [9.17, 15) is 19.2 Å². The third-order valence-corrected chi connectivity index (χ3v) is 6.31. The highest BCUT2D eigenvalue weighted by Crippen LogP contribution is 2.32. The summed E-state index contributed by atoms with van der Waals surface area (Å²) in [6.45, 7) is 1.41. The van der Waals surface area contributed by atoms with Crippen LogP contribution >= 0.6 is 23.4 Å². The van der Waals surface area contributed by atoms with Gasteiger partial charge >= 0.3 is 5.97 Å². The molecule has 1 amide bonds. The first-order valence-electron chi connectivity index (χ1n) is 9.98. The van der Waals surface area contributed by atoms with Crippen molar-refractivity contribution in [3.05, 3.63) is 93.5 Å². The molecule has 0 spiro atoms. The van der Waals surface area contributed by atoms with Crippen molar-refractivity contribution in [1.82, 2.24) is 0 Å². The van der Waals surface area contributed by atoms with Gasteiger partial charge in [0.2, 0.25) is 0 Å². The SMILES string of the molecule is CSc1ccc(Cl)c(C(=O)OC(C)C(=O)Nc2cccc3c2C(=O)c2ccccc2C3=O)c1. The van der Waals surface area contributed by atoms with Crippen LogP contribution in [0.3, 0.4) is 0 Å². The average Bonchev–Trinajstić information content (AvgIpc) is 2.82. The van der Waals surface area contributed by atoms with Crippen LogP contribution in [0.4, 0.5) is 5.69 Å². The fraction of sp³-hybridized carbons (Fsp3) is 0.120. The molecule has 4 rings (SSSR count). The molecule has 0 bridgehead atoms. The van der Waals surface area contributed by atoms with Crippen molar-refractivity contribution in [2.24, 2.45) is 0 Å². The predicted molar refractivity (Wildman–Crippen MR) is 126 cm³/mol. The van der Waals surface area contributed by atoms with Crippen LogP contribution < -0.4 is 5.32 Å². The van der Waals surface area contributed by atoms with Gasteiger partial charge in [-0.15, -0.1) is 11.8 Å². The summed E-state index contributed by atoms with van der Waals surface area (Å²) in [6, 6.07) is 16.2. The summed E-state index contributed by atoms with van der Waals surface area (Å²) in [6.07, 6.45) is 0.684. The van der Waals surface area contributed by atoms with Crippen molar-refractivity contribution < 1.29 is 23.9 Å². The Bertz CT molecular complexity index is 1320. The lowest BCUT2D eigenvalue weighted by molar-refractivity contribution is -0.123. The fourth-order valence-electron chi connectivity index (χ4n) is 3.55. The van der Waals surface area contributed by atoms with Gasteiger partial charge in [-0.3, -0.25) is 14.4 Å². The Hall–Kier alpha value is -3.42. The largest absolute Gasteiger partial charge is 0.449 e. The second-order valence-electron chi connectivity index (χ2n) is 7.31. The predicted octanol–water partition coefficient (Wildman–Crippen LogP) is 5.02. The molecular formula is C25H18ClNO5S. The number of esters is 1. The van der Waals surface area contributed by atoms with E-state index >= 15 is 0 Å². The number of ether oxygens (including phenoxy) is 1. The molecule has 1 aliphatic rings. The number of benzene rings is 3. The van der Waals surface area contributed by atoms with E-state index in [4.69, 9.17) is 16.3 Å². The molecule has 1 N–H and O–H groups in total. The summed E-state index contributed by atoms with van der Waals surface area (Å²) in [5.74, 6) is -2.04. The van der Waals surface area contributed by atoms with Crippen molar-refractivity contribution in [1.29, 1.82) is 0 Å². The molecule has 0 aliphatic heterocycles. The number of carbonyl (C=O) groups excluding carboxylic acids is 4. The molecule has 1 aliphatic carbocycles. The zero-order chi connectivity index (χ0) is 23.7. The Labute approximate surface area is 199 Å². The highest BCUT2D eigenvalue weighted by atomic mass is 35.5. The molecule has 33 heavy (non-hydrogen) atoms. The molecular weight excluding hydrogens is 462 g/mol. The van der Waals surface area contributed by atoms with Crippen molar-refractivity contribution >= 4 is 52.5 Å². The Balaban J connectivity index is 1.56. The van der Waals surface area contributed by atoms with Crippen molar-refractivity contribution in [3.63, 3.8) is 0 Å². The van der Waals surface area contributed by atoms with Crippen LogP contribution in [0.25, 0.3) is 0 Å². The van der Waals surface area contributed by atoms with Gasteiger partial charge in [-0.25, -0.2) is 4.79 Å². The van der Waals surface area contributed by atoms with Gasteiger partial charge in [0.1, 0.15) is 0 Å². The van der Waals surface area contributed by atoms with Crippen LogP contribution in [-0.2, 0) is 9.53 Å². The number of amides is 1. The lowest BCUT2D eigenvalue weighted by Gasteiger charge is -2.21. The number of anilines is 1. The first-order chi connectivity index (χ1) is 15.8. The van der Waals surface area contributed by atoms with Gasteiger partial charge in [-0.2, -0.15) is 0 Å². The van der Waals surface area contributed by atoms with Crippen LogP contribution in [-0.4, -0.2) is 35.8 Å². The lowest BCUT2D eigenvalue weighted by atomic mass is 9.83. The highest BCUT2D eigenvalue weighted by molar-refractivity contribution is 7.98. The molecule has 0 saturated heterocycles. The van der Waals surface area contributed by atoms with Gasteiger partial charge in [0.25, 0.3) is 5.91 Å². The Kier molecular flexibility index (Phi) is 6.35. The maximum Gasteiger partial charge on any atom is 0.340 e. The molecule has 0 radical (unpaired) electrons. The lowest BCUT2D eigenvalue weighted by Crippen LogP contribution is -2.31. The number of ketones is 2. The zero-order valence-electron chi connectivity index (χ0n) is 17.7. The van der Waals surface area contributed by atoms with Crippen molar-refractivity contribution in [3.8, 4) is 0 Å². The van der Waals surface area contributed by atoms with E-state index in [1.54, 1.807) is 54.6 Å². The maximum absolute atomic E-state index is 13.1. The van der Waals surface area contributed by atoms with Crippen LogP contribution in [0.2, 0.25) is 5.02 Å².